The van der Waals surface area contributed by atoms with E-state index in [0.717, 1.165) is 15.6 Å². The van der Waals surface area contributed by atoms with Gasteiger partial charge in [0.2, 0.25) is 5.62 Å². The lowest BCUT2D eigenvalue weighted by molar-refractivity contribution is 0.0593. The van der Waals surface area contributed by atoms with Crippen LogP contribution in [-0.2, 0) is 24.9 Å². The summed E-state index contributed by atoms with van der Waals surface area (Å²) in [5, 5.41) is 3.79. The number of amides is 2. The fraction of sp³-hybridized carbons (Fsp3) is 0.292. The summed E-state index contributed by atoms with van der Waals surface area (Å²) in [6.07, 6.45) is 2.94. The molecule has 180 valence electrons. The van der Waals surface area contributed by atoms with Crippen molar-refractivity contribution in [1.82, 2.24) is 14.5 Å². The fourth-order valence-electron chi connectivity index (χ4n) is 3.15. The summed E-state index contributed by atoms with van der Waals surface area (Å²) in [5.41, 5.74) is 1.98. The normalized spacial score (nSPS) is 12.0. The molecule has 2 amide bonds. The van der Waals surface area contributed by atoms with E-state index in [-0.39, 0.29) is 5.91 Å². The van der Waals surface area contributed by atoms with Gasteiger partial charge in [-0.05, 0) is 62.2 Å². The number of aryl methyl sites for hydroxylation is 1. The molecule has 0 aliphatic carbocycles. The zero-order chi connectivity index (χ0) is 25.0. The van der Waals surface area contributed by atoms with Gasteiger partial charge in [-0.15, -0.1) is 4.99 Å². The van der Waals surface area contributed by atoms with Gasteiger partial charge in [0, 0.05) is 36.0 Å². The van der Waals surface area contributed by atoms with Crippen molar-refractivity contribution in [2.24, 2.45) is 12.0 Å². The van der Waals surface area contributed by atoms with Gasteiger partial charge >= 0.3 is 6.09 Å². The molecule has 0 atom stereocenters. The minimum atomic E-state index is -0.667. The second-order valence-corrected chi connectivity index (χ2v) is 10.4. The van der Waals surface area contributed by atoms with Gasteiger partial charge < -0.3 is 19.2 Å². The van der Waals surface area contributed by atoms with Crippen LogP contribution in [0.1, 0.15) is 42.3 Å². The van der Waals surface area contributed by atoms with Crippen molar-refractivity contribution in [2.75, 3.05) is 0 Å². The number of benzene rings is 2. The van der Waals surface area contributed by atoms with E-state index in [4.69, 9.17) is 27.9 Å². The van der Waals surface area contributed by atoms with E-state index in [1.807, 2.05) is 22.9 Å². The molecule has 3 rings (SSSR count). The van der Waals surface area contributed by atoms with Crippen LogP contribution in [0.25, 0.3) is 0 Å². The first-order valence-electron chi connectivity index (χ1n) is 10.4. The van der Waals surface area contributed by atoms with Gasteiger partial charge in [0.1, 0.15) is 5.60 Å². The van der Waals surface area contributed by atoms with Crippen LogP contribution in [-0.4, -0.2) is 26.7 Å². The molecule has 0 aliphatic heterocycles. The Labute approximate surface area is 216 Å². The topological polar surface area (TPSA) is 77.6 Å². The van der Waals surface area contributed by atoms with Gasteiger partial charge in [0.25, 0.3) is 5.91 Å². The summed E-state index contributed by atoms with van der Waals surface area (Å²) in [4.78, 5) is 29.1. The number of carbonyl (C=O) groups is 2. The molecule has 1 N–H and O–H groups in total. The first-order chi connectivity index (χ1) is 15.9. The molecule has 3 aromatic rings. The van der Waals surface area contributed by atoms with Crippen LogP contribution in [0.15, 0.2) is 58.3 Å². The number of hydrogen-bond donors (Lipinski definition) is 1. The molecule has 10 heteroatoms. The highest BCUT2D eigenvalue weighted by molar-refractivity contribution is 9.10. The zero-order valence-electron chi connectivity index (χ0n) is 19.2. The first kappa shape index (κ1) is 26.1. The van der Waals surface area contributed by atoms with Crippen molar-refractivity contribution >= 4 is 51.1 Å². The van der Waals surface area contributed by atoms with Crippen LogP contribution in [0.3, 0.4) is 0 Å². The molecular formula is C24H25BrCl2N4O3. The lowest BCUT2D eigenvalue weighted by Gasteiger charge is -2.17. The lowest BCUT2D eigenvalue weighted by atomic mass is 10.1. The molecule has 0 bridgehead atoms. The maximum atomic E-state index is 12.8. The third-order valence-corrected chi connectivity index (χ3v) is 5.83. The van der Waals surface area contributed by atoms with Gasteiger partial charge in [-0.2, -0.15) is 0 Å². The van der Waals surface area contributed by atoms with E-state index < -0.39 is 11.7 Å². The number of nitrogens with one attached hydrogen (secondary N) is 1. The lowest BCUT2D eigenvalue weighted by Crippen LogP contribution is -2.29. The maximum Gasteiger partial charge on any atom is 0.437 e. The van der Waals surface area contributed by atoms with Crippen LogP contribution < -0.4 is 10.9 Å². The highest BCUT2D eigenvalue weighted by atomic mass is 79.9. The highest BCUT2D eigenvalue weighted by Crippen LogP contribution is 2.23. The Bertz CT molecular complexity index is 1290. The van der Waals surface area contributed by atoms with Gasteiger partial charge in [0.05, 0.1) is 16.6 Å². The Morgan fingerprint density at radius 2 is 1.79 bits per heavy atom. The predicted molar refractivity (Wildman–Crippen MR) is 136 cm³/mol. The summed E-state index contributed by atoms with van der Waals surface area (Å²) in [7, 11) is 1.79. The molecule has 0 radical (unpaired) electrons. The van der Waals surface area contributed by atoms with Crippen LogP contribution >= 0.6 is 39.1 Å². The molecular weight excluding hydrogens is 543 g/mol. The van der Waals surface area contributed by atoms with Crippen molar-refractivity contribution in [2.45, 2.75) is 39.5 Å². The van der Waals surface area contributed by atoms with E-state index in [0.29, 0.717) is 34.3 Å². The molecule has 0 saturated heterocycles. The highest BCUT2D eigenvalue weighted by Gasteiger charge is 2.16. The van der Waals surface area contributed by atoms with E-state index in [9.17, 15) is 9.59 Å². The minimum Gasteiger partial charge on any atom is -0.442 e. The Kier molecular flexibility index (Phi) is 8.28. The second kappa shape index (κ2) is 10.8. The van der Waals surface area contributed by atoms with Crippen LogP contribution in [0.5, 0.6) is 0 Å². The Balaban J connectivity index is 1.79. The van der Waals surface area contributed by atoms with Gasteiger partial charge in [-0.1, -0.05) is 45.2 Å². The van der Waals surface area contributed by atoms with Gasteiger partial charge in [0.15, 0.2) is 0 Å². The second-order valence-electron chi connectivity index (χ2n) is 8.71. The molecule has 0 aliphatic rings. The summed E-state index contributed by atoms with van der Waals surface area (Å²) >= 11 is 15.5. The van der Waals surface area contributed by atoms with E-state index >= 15 is 0 Å². The van der Waals surface area contributed by atoms with Crippen molar-refractivity contribution in [3.63, 3.8) is 0 Å². The number of halogens is 3. The first-order valence-corrected chi connectivity index (χ1v) is 12.0. The molecule has 34 heavy (non-hydrogen) atoms. The SMILES string of the molecule is Cn1ccn(Cc2cc(Br)cc(C(=O)NCc3ccc(Cl)c(Cl)c3)c2)/c1=N/C(=O)OC(C)(C)C. The number of rotatable bonds is 5. The molecule has 7 nitrogen and oxygen atoms in total. The van der Waals surface area contributed by atoms with Crippen LogP contribution in [0.4, 0.5) is 4.79 Å². The number of hydrogen-bond acceptors (Lipinski definition) is 3. The standard InChI is InChI=1S/C24H25BrCl2N4O3/c1-24(2,3)34-23(33)29-22-30(4)7-8-31(22)14-16-9-17(12-18(25)10-16)21(32)28-13-15-5-6-19(26)20(27)11-15/h5-12H,13-14H2,1-4H3,(H,28,32)/b29-22+. The van der Waals surface area contributed by atoms with E-state index in [2.05, 4.69) is 26.2 Å². The summed E-state index contributed by atoms with van der Waals surface area (Å²) < 4.78 is 9.60. The molecule has 2 aromatic carbocycles. The summed E-state index contributed by atoms with van der Waals surface area (Å²) in [6.45, 7) is 6.07. The smallest absolute Gasteiger partial charge is 0.437 e. The van der Waals surface area contributed by atoms with Gasteiger partial charge in [-0.3, -0.25) is 4.79 Å². The molecule has 0 unspecified atom stereocenters. The predicted octanol–water partition coefficient (Wildman–Crippen LogP) is 5.71. The van der Waals surface area contributed by atoms with Crippen LogP contribution in [0, 0.1) is 0 Å². The third-order valence-electron chi connectivity index (χ3n) is 4.64. The maximum absolute atomic E-state index is 12.8. The average molecular weight is 568 g/mol. The van der Waals surface area contributed by atoms with Gasteiger partial charge in [-0.25, -0.2) is 4.79 Å². The van der Waals surface area contributed by atoms with E-state index in [1.54, 1.807) is 62.8 Å². The van der Waals surface area contributed by atoms with Crippen molar-refractivity contribution in [3.05, 3.63) is 85.6 Å². The quantitative estimate of drug-likeness (QED) is 0.429. The molecule has 0 fully saturated rings. The van der Waals surface area contributed by atoms with E-state index in [1.165, 1.54) is 0 Å². The summed E-state index contributed by atoms with van der Waals surface area (Å²) in [5.74, 6) is -0.231. The number of carbonyl (C=O) groups excluding carboxylic acids is 2. The number of aromatic nitrogens is 2. The minimum absolute atomic E-state index is 0.231. The molecule has 0 spiro atoms. The van der Waals surface area contributed by atoms with Crippen molar-refractivity contribution in [1.29, 1.82) is 0 Å². The summed E-state index contributed by atoms with van der Waals surface area (Å²) in [6, 6.07) is 10.7. The van der Waals surface area contributed by atoms with Crippen molar-refractivity contribution in [3.8, 4) is 0 Å². The average Bonchev–Trinajstić information content (AvgIpc) is 3.06. The monoisotopic (exact) mass is 566 g/mol. The molecule has 1 aromatic heterocycles. The number of ether oxygens (including phenoxy) is 1. The zero-order valence-corrected chi connectivity index (χ0v) is 22.3. The number of nitrogens with zero attached hydrogens (tertiary/aromatic N) is 3. The largest absolute Gasteiger partial charge is 0.442 e. The Morgan fingerprint density at radius 3 is 2.47 bits per heavy atom. The Morgan fingerprint density at radius 1 is 1.06 bits per heavy atom. The molecule has 1 heterocycles. The van der Waals surface area contributed by atoms with Crippen molar-refractivity contribution < 1.29 is 14.3 Å². The Hall–Kier alpha value is -2.55. The molecule has 0 saturated carbocycles. The van der Waals surface area contributed by atoms with Crippen LogP contribution in [0.2, 0.25) is 10.0 Å². The number of imidazole rings is 1. The third kappa shape index (κ3) is 7.22. The fourth-order valence-corrected chi connectivity index (χ4v) is 4.01.